The second-order valence-electron chi connectivity index (χ2n) is 5.72. The van der Waals surface area contributed by atoms with Crippen LogP contribution in [-0.2, 0) is 0 Å². The molecule has 6 heteroatoms. The first-order valence-corrected chi connectivity index (χ1v) is 6.49. The molecule has 112 valence electrons. The molecule has 0 bridgehead atoms. The molecule has 0 heterocycles. The fourth-order valence-electron chi connectivity index (χ4n) is 1.96. The van der Waals surface area contributed by atoms with Crippen LogP contribution in [0.15, 0.2) is 18.2 Å². The highest BCUT2D eigenvalue weighted by atomic mass is 16.6. The van der Waals surface area contributed by atoms with Crippen LogP contribution in [0.1, 0.15) is 27.2 Å². The molecule has 0 aliphatic rings. The lowest BCUT2D eigenvalue weighted by Gasteiger charge is -2.31. The summed E-state index contributed by atoms with van der Waals surface area (Å²) in [6, 6.07) is 4.49. The van der Waals surface area contributed by atoms with E-state index >= 15 is 0 Å². The summed E-state index contributed by atoms with van der Waals surface area (Å²) in [5.41, 5.74) is 0.264. The second-order valence-corrected chi connectivity index (χ2v) is 5.72. The number of nitro benzene ring substituents is 1. The minimum Gasteiger partial charge on any atom is -0.497 e. The Bertz CT molecular complexity index is 469. The minimum absolute atomic E-state index is 0.00186. The third-order valence-electron chi connectivity index (χ3n) is 3.19. The van der Waals surface area contributed by atoms with Gasteiger partial charge in [0, 0.05) is 24.8 Å². The van der Waals surface area contributed by atoms with Crippen LogP contribution in [0.5, 0.6) is 5.75 Å². The number of methoxy groups -OCH3 is 1. The second kappa shape index (κ2) is 6.56. The summed E-state index contributed by atoms with van der Waals surface area (Å²) in [6.45, 7) is 6.08. The van der Waals surface area contributed by atoms with Crippen molar-refractivity contribution < 1.29 is 14.8 Å². The van der Waals surface area contributed by atoms with Gasteiger partial charge in [-0.2, -0.15) is 0 Å². The maximum absolute atomic E-state index is 11.1. The maximum atomic E-state index is 11.1. The molecule has 20 heavy (non-hydrogen) atoms. The van der Waals surface area contributed by atoms with E-state index in [-0.39, 0.29) is 23.8 Å². The number of nitro groups is 1. The molecule has 1 rings (SSSR count). The third kappa shape index (κ3) is 4.09. The number of rotatable bonds is 6. The number of anilines is 1. The van der Waals surface area contributed by atoms with E-state index in [9.17, 15) is 10.1 Å². The van der Waals surface area contributed by atoms with Crippen LogP contribution in [0.3, 0.4) is 0 Å². The van der Waals surface area contributed by atoms with Crippen molar-refractivity contribution in [2.75, 3.05) is 19.0 Å². The van der Waals surface area contributed by atoms with E-state index in [4.69, 9.17) is 9.84 Å². The van der Waals surface area contributed by atoms with Crippen molar-refractivity contribution in [1.29, 1.82) is 0 Å². The molecule has 0 saturated carbocycles. The molecule has 0 aliphatic carbocycles. The first-order valence-electron chi connectivity index (χ1n) is 6.49. The van der Waals surface area contributed by atoms with Gasteiger partial charge in [0.05, 0.1) is 12.0 Å². The zero-order chi connectivity index (χ0) is 15.3. The summed E-state index contributed by atoms with van der Waals surface area (Å²) in [6.07, 6.45) is 0.512. The van der Waals surface area contributed by atoms with E-state index in [1.807, 2.05) is 20.8 Å². The molecule has 1 aromatic rings. The lowest BCUT2D eigenvalue weighted by molar-refractivity contribution is -0.384. The predicted octanol–water partition coefficient (Wildman–Crippen LogP) is 2.81. The summed E-state index contributed by atoms with van der Waals surface area (Å²) < 4.78 is 5.10. The van der Waals surface area contributed by atoms with Gasteiger partial charge in [0.2, 0.25) is 0 Å². The van der Waals surface area contributed by atoms with Crippen LogP contribution in [0.25, 0.3) is 0 Å². The zero-order valence-electron chi connectivity index (χ0n) is 12.3. The average molecular weight is 282 g/mol. The molecule has 6 nitrogen and oxygen atoms in total. The van der Waals surface area contributed by atoms with Gasteiger partial charge in [0.15, 0.2) is 0 Å². The predicted molar refractivity (Wildman–Crippen MR) is 78.2 cm³/mol. The van der Waals surface area contributed by atoms with Crippen molar-refractivity contribution in [2.45, 2.75) is 33.2 Å². The van der Waals surface area contributed by atoms with Gasteiger partial charge >= 0.3 is 0 Å². The third-order valence-corrected chi connectivity index (χ3v) is 3.19. The lowest BCUT2D eigenvalue weighted by Crippen LogP contribution is -2.35. The molecule has 0 radical (unpaired) electrons. The molecule has 1 aromatic carbocycles. The SMILES string of the molecule is COc1ccc([N+](=O)[O-])c(NC(CCO)C(C)(C)C)c1. The summed E-state index contributed by atoms with van der Waals surface area (Å²) >= 11 is 0. The quantitative estimate of drug-likeness (QED) is 0.619. The lowest BCUT2D eigenvalue weighted by atomic mass is 9.84. The summed E-state index contributed by atoms with van der Waals surface area (Å²) in [5, 5.41) is 23.4. The van der Waals surface area contributed by atoms with Crippen LogP contribution in [-0.4, -0.2) is 29.8 Å². The fraction of sp³-hybridized carbons (Fsp3) is 0.571. The Morgan fingerprint density at radius 1 is 1.45 bits per heavy atom. The van der Waals surface area contributed by atoms with Crippen molar-refractivity contribution in [1.82, 2.24) is 0 Å². The molecule has 0 fully saturated rings. The minimum atomic E-state index is -0.430. The number of aliphatic hydroxyl groups is 1. The highest BCUT2D eigenvalue weighted by Crippen LogP contribution is 2.33. The largest absolute Gasteiger partial charge is 0.497 e. The van der Waals surface area contributed by atoms with Crippen molar-refractivity contribution in [3.63, 3.8) is 0 Å². The Morgan fingerprint density at radius 2 is 2.10 bits per heavy atom. The highest BCUT2D eigenvalue weighted by Gasteiger charge is 2.26. The first-order chi connectivity index (χ1) is 9.29. The molecule has 0 aromatic heterocycles. The molecule has 0 saturated heterocycles. The highest BCUT2D eigenvalue weighted by molar-refractivity contribution is 5.64. The Morgan fingerprint density at radius 3 is 2.55 bits per heavy atom. The van der Waals surface area contributed by atoms with Gasteiger partial charge in [0.1, 0.15) is 11.4 Å². The number of nitrogens with one attached hydrogen (secondary N) is 1. The van der Waals surface area contributed by atoms with E-state index in [1.165, 1.54) is 13.2 Å². The molecular weight excluding hydrogens is 260 g/mol. The van der Waals surface area contributed by atoms with Gasteiger partial charge in [-0.15, -0.1) is 0 Å². The smallest absolute Gasteiger partial charge is 0.292 e. The van der Waals surface area contributed by atoms with E-state index in [0.29, 0.717) is 17.9 Å². The normalized spacial score (nSPS) is 12.8. The van der Waals surface area contributed by atoms with Crippen LogP contribution >= 0.6 is 0 Å². The molecule has 2 N–H and O–H groups in total. The van der Waals surface area contributed by atoms with Crippen LogP contribution in [0.2, 0.25) is 0 Å². The first kappa shape index (κ1) is 16.2. The number of hydrogen-bond acceptors (Lipinski definition) is 5. The van der Waals surface area contributed by atoms with E-state index in [0.717, 1.165) is 0 Å². The average Bonchev–Trinajstić information content (AvgIpc) is 2.36. The van der Waals surface area contributed by atoms with Crippen LogP contribution < -0.4 is 10.1 Å². The topological polar surface area (TPSA) is 84.6 Å². The van der Waals surface area contributed by atoms with Crippen molar-refractivity contribution in [3.8, 4) is 5.75 Å². The summed E-state index contributed by atoms with van der Waals surface area (Å²) in [7, 11) is 1.51. The number of ether oxygens (including phenoxy) is 1. The van der Waals surface area contributed by atoms with Gasteiger partial charge in [-0.25, -0.2) is 0 Å². The summed E-state index contributed by atoms with van der Waals surface area (Å²) in [5.74, 6) is 0.551. The molecular formula is C14H22N2O4. The standard InChI is InChI=1S/C14H22N2O4/c1-14(2,3)13(7-8-17)15-11-9-10(20-4)5-6-12(11)16(18)19/h5-6,9,13,15,17H,7-8H2,1-4H3. The summed E-state index contributed by atoms with van der Waals surface area (Å²) in [4.78, 5) is 10.7. The molecule has 0 spiro atoms. The monoisotopic (exact) mass is 282 g/mol. The zero-order valence-corrected chi connectivity index (χ0v) is 12.3. The molecule has 1 atom stereocenters. The number of benzene rings is 1. The Kier molecular flexibility index (Phi) is 5.33. The van der Waals surface area contributed by atoms with Crippen LogP contribution in [0, 0.1) is 15.5 Å². The van der Waals surface area contributed by atoms with Crippen LogP contribution in [0.4, 0.5) is 11.4 Å². The fourth-order valence-corrected chi connectivity index (χ4v) is 1.96. The number of hydrogen-bond donors (Lipinski definition) is 2. The van der Waals surface area contributed by atoms with Gasteiger partial charge in [-0.3, -0.25) is 10.1 Å². The van der Waals surface area contributed by atoms with E-state index in [2.05, 4.69) is 5.32 Å². The maximum Gasteiger partial charge on any atom is 0.292 e. The van der Waals surface area contributed by atoms with Crippen molar-refractivity contribution >= 4 is 11.4 Å². The molecule has 0 aliphatic heterocycles. The Balaban J connectivity index is 3.12. The number of aliphatic hydroxyl groups excluding tert-OH is 1. The number of nitrogens with zero attached hydrogens (tertiary/aromatic N) is 1. The van der Waals surface area contributed by atoms with E-state index < -0.39 is 4.92 Å². The van der Waals surface area contributed by atoms with Crippen molar-refractivity contribution in [2.24, 2.45) is 5.41 Å². The van der Waals surface area contributed by atoms with Gasteiger partial charge < -0.3 is 15.2 Å². The van der Waals surface area contributed by atoms with Gasteiger partial charge in [-0.1, -0.05) is 20.8 Å². The van der Waals surface area contributed by atoms with Gasteiger partial charge in [0.25, 0.3) is 5.69 Å². The van der Waals surface area contributed by atoms with Crippen molar-refractivity contribution in [3.05, 3.63) is 28.3 Å². The van der Waals surface area contributed by atoms with Gasteiger partial charge in [-0.05, 0) is 17.9 Å². The van der Waals surface area contributed by atoms with E-state index in [1.54, 1.807) is 12.1 Å². The molecule has 1 unspecified atom stereocenters. The molecule has 0 amide bonds. The Hall–Kier alpha value is -1.82. The Labute approximate surface area is 118 Å².